The first-order valence-corrected chi connectivity index (χ1v) is 10.3. The van der Waals surface area contributed by atoms with Gasteiger partial charge in [0, 0.05) is 49.4 Å². The molecule has 1 saturated heterocycles. The fraction of sp³-hybridized carbons (Fsp3) is 0.591. The van der Waals surface area contributed by atoms with Crippen LogP contribution in [0.4, 0.5) is 0 Å². The summed E-state index contributed by atoms with van der Waals surface area (Å²) in [4.78, 5) is 15.2. The highest BCUT2D eigenvalue weighted by Gasteiger charge is 2.37. The number of rotatable bonds is 3. The van der Waals surface area contributed by atoms with Gasteiger partial charge in [-0.15, -0.1) is 0 Å². The summed E-state index contributed by atoms with van der Waals surface area (Å²) in [5.74, 6) is 2.82. The Balaban J connectivity index is 1.45. The van der Waals surface area contributed by atoms with Crippen LogP contribution in [0.15, 0.2) is 39.7 Å². The van der Waals surface area contributed by atoms with Crippen molar-refractivity contribution in [2.24, 2.45) is 11.8 Å². The minimum absolute atomic E-state index is 0.144. The van der Waals surface area contributed by atoms with Gasteiger partial charge in [0.05, 0.1) is 6.26 Å². The summed E-state index contributed by atoms with van der Waals surface area (Å²) in [6.07, 6.45) is 9.97. The Morgan fingerprint density at radius 3 is 2.73 bits per heavy atom. The zero-order valence-electron chi connectivity index (χ0n) is 15.4. The van der Waals surface area contributed by atoms with Crippen molar-refractivity contribution in [2.45, 2.75) is 51.0 Å². The van der Waals surface area contributed by atoms with Crippen LogP contribution in [-0.4, -0.2) is 29.1 Å². The Bertz CT molecular complexity index is 817. The van der Waals surface area contributed by atoms with Gasteiger partial charge in [-0.05, 0) is 49.3 Å². The molecule has 0 radical (unpaired) electrons. The average Bonchev–Trinajstić information content (AvgIpc) is 3.18. The van der Waals surface area contributed by atoms with Crippen LogP contribution < -0.4 is 5.56 Å². The lowest BCUT2D eigenvalue weighted by Crippen LogP contribution is -2.48. The van der Waals surface area contributed by atoms with Crippen LogP contribution in [0.1, 0.15) is 50.1 Å². The molecule has 0 N–H and O–H groups in total. The van der Waals surface area contributed by atoms with E-state index >= 15 is 0 Å². The fourth-order valence-corrected chi connectivity index (χ4v) is 5.64. The number of furan rings is 1. The fourth-order valence-electron chi connectivity index (χ4n) is 5.64. The maximum Gasteiger partial charge on any atom is 0.250 e. The molecule has 1 saturated carbocycles. The quantitative estimate of drug-likeness (QED) is 0.834. The van der Waals surface area contributed by atoms with E-state index in [0.717, 1.165) is 36.9 Å². The van der Waals surface area contributed by atoms with Gasteiger partial charge < -0.3 is 13.9 Å². The molecule has 2 aromatic rings. The number of nitrogens with zero attached hydrogens (tertiary/aromatic N) is 2. The third-order valence-electron chi connectivity index (χ3n) is 6.69. The second-order valence-corrected chi connectivity index (χ2v) is 8.58. The highest BCUT2D eigenvalue weighted by molar-refractivity contribution is 5.61. The van der Waals surface area contributed by atoms with Crippen LogP contribution in [0.5, 0.6) is 0 Å². The second kappa shape index (κ2) is 6.73. The van der Waals surface area contributed by atoms with Gasteiger partial charge in [-0.2, -0.15) is 0 Å². The van der Waals surface area contributed by atoms with Crippen LogP contribution in [0.25, 0.3) is 11.3 Å². The van der Waals surface area contributed by atoms with Gasteiger partial charge in [0.2, 0.25) is 0 Å². The number of hydrogen-bond donors (Lipinski definition) is 0. The molecule has 0 aromatic carbocycles. The van der Waals surface area contributed by atoms with Gasteiger partial charge in [0.1, 0.15) is 5.76 Å². The number of fused-ring (bicyclic) bond motifs is 4. The lowest BCUT2D eigenvalue weighted by molar-refractivity contribution is 0.0969. The van der Waals surface area contributed by atoms with Crippen molar-refractivity contribution >= 4 is 0 Å². The molecular weight excluding hydrogens is 324 g/mol. The Morgan fingerprint density at radius 2 is 1.92 bits per heavy atom. The van der Waals surface area contributed by atoms with Gasteiger partial charge in [-0.25, -0.2) is 0 Å². The van der Waals surface area contributed by atoms with E-state index in [1.54, 1.807) is 12.3 Å². The predicted molar refractivity (Wildman–Crippen MR) is 102 cm³/mol. The number of likely N-dealkylation sites (tertiary alicyclic amines) is 1. The molecule has 26 heavy (non-hydrogen) atoms. The van der Waals surface area contributed by atoms with E-state index in [0.29, 0.717) is 11.8 Å². The van der Waals surface area contributed by atoms with Gasteiger partial charge in [-0.3, -0.25) is 4.79 Å². The summed E-state index contributed by atoms with van der Waals surface area (Å²) in [6, 6.07) is 7.62. The highest BCUT2D eigenvalue weighted by atomic mass is 16.3. The molecule has 0 unspecified atom stereocenters. The summed E-state index contributed by atoms with van der Waals surface area (Å²) >= 11 is 0. The molecule has 3 aliphatic rings. The molecule has 5 rings (SSSR count). The molecule has 0 amide bonds. The van der Waals surface area contributed by atoms with Crippen molar-refractivity contribution in [3.05, 3.63) is 46.6 Å². The second-order valence-electron chi connectivity index (χ2n) is 8.58. The minimum atomic E-state index is 0.144. The molecule has 4 heteroatoms. The Labute approximate surface area is 154 Å². The molecule has 2 aliphatic heterocycles. The standard InChI is InChI=1S/C22H28N2O2/c25-21-9-8-19(20-7-4-10-26-20)22-18-11-17(14-24(21)22)13-23(15-18)12-16-5-2-1-3-6-16/h4,7-10,16-18H,1-3,5-6,11-15H2/t17-,18+/m0/s1. The topological polar surface area (TPSA) is 38.4 Å². The third-order valence-corrected chi connectivity index (χ3v) is 6.69. The molecule has 1 aliphatic carbocycles. The molecule has 2 fully saturated rings. The van der Waals surface area contributed by atoms with Crippen LogP contribution in [0.3, 0.4) is 0 Å². The average molecular weight is 352 g/mol. The molecule has 2 aromatic heterocycles. The zero-order valence-corrected chi connectivity index (χ0v) is 15.4. The van der Waals surface area contributed by atoms with E-state index in [-0.39, 0.29) is 5.56 Å². The first-order chi connectivity index (χ1) is 12.8. The van der Waals surface area contributed by atoms with E-state index in [1.807, 2.05) is 22.8 Å². The molecule has 2 bridgehead atoms. The predicted octanol–water partition coefficient (Wildman–Crippen LogP) is 4.11. The molecule has 2 atom stereocenters. The van der Waals surface area contributed by atoms with Crippen molar-refractivity contribution in [2.75, 3.05) is 19.6 Å². The van der Waals surface area contributed by atoms with Gasteiger partial charge in [0.25, 0.3) is 5.56 Å². The summed E-state index contributed by atoms with van der Waals surface area (Å²) in [6.45, 7) is 4.36. The van der Waals surface area contributed by atoms with Crippen molar-refractivity contribution in [3.8, 4) is 11.3 Å². The van der Waals surface area contributed by atoms with Crippen LogP contribution in [0, 0.1) is 11.8 Å². The molecule has 4 nitrogen and oxygen atoms in total. The van der Waals surface area contributed by atoms with E-state index < -0.39 is 0 Å². The van der Waals surface area contributed by atoms with Crippen molar-refractivity contribution < 1.29 is 4.42 Å². The number of pyridine rings is 1. The highest BCUT2D eigenvalue weighted by Crippen LogP contribution is 2.40. The van der Waals surface area contributed by atoms with Crippen molar-refractivity contribution in [1.29, 1.82) is 0 Å². The summed E-state index contributed by atoms with van der Waals surface area (Å²) in [5, 5.41) is 0. The number of hydrogen-bond acceptors (Lipinski definition) is 3. The minimum Gasteiger partial charge on any atom is -0.464 e. The lowest BCUT2D eigenvalue weighted by Gasteiger charge is -2.44. The van der Waals surface area contributed by atoms with Gasteiger partial charge >= 0.3 is 0 Å². The Hall–Kier alpha value is -1.81. The van der Waals surface area contributed by atoms with E-state index in [1.165, 1.54) is 50.8 Å². The summed E-state index contributed by atoms with van der Waals surface area (Å²) < 4.78 is 7.72. The lowest BCUT2D eigenvalue weighted by atomic mass is 9.80. The molecule has 0 spiro atoms. The monoisotopic (exact) mass is 352 g/mol. The first-order valence-electron chi connectivity index (χ1n) is 10.3. The third kappa shape index (κ3) is 2.94. The van der Waals surface area contributed by atoms with E-state index in [9.17, 15) is 4.79 Å². The maximum atomic E-state index is 12.5. The Kier molecular flexibility index (Phi) is 4.24. The van der Waals surface area contributed by atoms with Crippen LogP contribution >= 0.6 is 0 Å². The van der Waals surface area contributed by atoms with Crippen molar-refractivity contribution in [1.82, 2.24) is 9.47 Å². The van der Waals surface area contributed by atoms with Crippen LogP contribution in [0.2, 0.25) is 0 Å². The van der Waals surface area contributed by atoms with E-state index in [2.05, 4.69) is 4.90 Å². The summed E-state index contributed by atoms with van der Waals surface area (Å²) in [5.41, 5.74) is 2.46. The summed E-state index contributed by atoms with van der Waals surface area (Å²) in [7, 11) is 0. The van der Waals surface area contributed by atoms with Gasteiger partial charge in [-0.1, -0.05) is 19.3 Å². The maximum absolute atomic E-state index is 12.5. The SMILES string of the molecule is O=c1ccc(-c2ccco2)c2n1C[C@H]1C[C@@H]2CN(CC2CCCCC2)C1. The zero-order chi connectivity index (χ0) is 17.5. The normalized spacial score (nSPS) is 26.6. The van der Waals surface area contributed by atoms with Crippen molar-refractivity contribution in [3.63, 3.8) is 0 Å². The molecule has 138 valence electrons. The Morgan fingerprint density at radius 1 is 1.04 bits per heavy atom. The van der Waals surface area contributed by atoms with Crippen LogP contribution in [-0.2, 0) is 6.54 Å². The number of aromatic nitrogens is 1. The van der Waals surface area contributed by atoms with E-state index in [4.69, 9.17) is 4.42 Å². The molecular formula is C22H28N2O2. The largest absolute Gasteiger partial charge is 0.464 e. The first kappa shape index (κ1) is 16.4. The van der Waals surface area contributed by atoms with Gasteiger partial charge in [0.15, 0.2) is 0 Å². The smallest absolute Gasteiger partial charge is 0.250 e. The number of piperidine rings is 1. The molecule has 4 heterocycles.